The standard InChI is InChI=1S/C20H29N3O2S/c1-4-26-20(9-11-24-12-10-20)15-22-19(21-2)23(3)14-17-13-16-7-5-6-8-18(16)25-17/h5-8,13H,4,9-12,14-15H2,1-3H3,(H,21,22). The van der Waals surface area contributed by atoms with Crippen LogP contribution in [0.4, 0.5) is 0 Å². The number of hydrogen-bond donors (Lipinski definition) is 1. The normalized spacial score (nSPS) is 17.4. The number of para-hydroxylation sites is 1. The second-order valence-electron chi connectivity index (χ2n) is 6.74. The Balaban J connectivity index is 1.62. The Morgan fingerprint density at radius 2 is 2.08 bits per heavy atom. The van der Waals surface area contributed by atoms with Crippen molar-refractivity contribution in [3.05, 3.63) is 36.1 Å². The quantitative estimate of drug-likeness (QED) is 0.616. The first-order valence-electron chi connectivity index (χ1n) is 9.27. The fraction of sp³-hybridized carbons (Fsp3) is 0.550. The highest BCUT2D eigenvalue weighted by atomic mass is 32.2. The van der Waals surface area contributed by atoms with Gasteiger partial charge in [0.1, 0.15) is 11.3 Å². The zero-order chi connectivity index (χ0) is 18.4. The van der Waals surface area contributed by atoms with Gasteiger partial charge in [-0.3, -0.25) is 4.99 Å². The Morgan fingerprint density at radius 1 is 1.31 bits per heavy atom. The summed E-state index contributed by atoms with van der Waals surface area (Å²) in [5, 5.41) is 4.71. The van der Waals surface area contributed by atoms with Gasteiger partial charge in [-0.05, 0) is 30.7 Å². The number of thioether (sulfide) groups is 1. The number of ether oxygens (including phenoxy) is 1. The number of nitrogens with one attached hydrogen (secondary N) is 1. The molecule has 1 saturated heterocycles. The maximum atomic E-state index is 5.94. The molecule has 0 unspecified atom stereocenters. The number of benzene rings is 1. The van der Waals surface area contributed by atoms with Crippen molar-refractivity contribution in [2.75, 3.05) is 39.6 Å². The molecule has 6 heteroatoms. The molecule has 0 bridgehead atoms. The first kappa shape index (κ1) is 19.1. The molecule has 1 N–H and O–H groups in total. The minimum Gasteiger partial charge on any atom is -0.459 e. The van der Waals surface area contributed by atoms with Crippen LogP contribution in [-0.2, 0) is 11.3 Å². The lowest BCUT2D eigenvalue weighted by molar-refractivity contribution is 0.0780. The maximum Gasteiger partial charge on any atom is 0.193 e. The molecule has 142 valence electrons. The fourth-order valence-electron chi connectivity index (χ4n) is 3.47. The Bertz CT molecular complexity index is 699. The van der Waals surface area contributed by atoms with E-state index in [-0.39, 0.29) is 4.75 Å². The highest BCUT2D eigenvalue weighted by molar-refractivity contribution is 8.00. The van der Waals surface area contributed by atoms with E-state index >= 15 is 0 Å². The Kier molecular flexibility index (Phi) is 6.48. The molecular formula is C20H29N3O2S. The van der Waals surface area contributed by atoms with Crippen LogP contribution in [0.2, 0.25) is 0 Å². The van der Waals surface area contributed by atoms with Crippen molar-refractivity contribution in [1.29, 1.82) is 0 Å². The fourth-order valence-corrected chi connectivity index (χ4v) is 4.71. The molecule has 2 aromatic rings. The van der Waals surface area contributed by atoms with Gasteiger partial charge in [0.15, 0.2) is 5.96 Å². The van der Waals surface area contributed by atoms with Crippen LogP contribution in [0.15, 0.2) is 39.7 Å². The zero-order valence-corrected chi connectivity index (χ0v) is 16.8. The molecule has 1 aromatic heterocycles. The van der Waals surface area contributed by atoms with Gasteiger partial charge in [0.05, 0.1) is 6.54 Å². The van der Waals surface area contributed by atoms with Crippen molar-refractivity contribution in [3.63, 3.8) is 0 Å². The molecule has 26 heavy (non-hydrogen) atoms. The number of hydrogen-bond acceptors (Lipinski definition) is 4. The summed E-state index contributed by atoms with van der Waals surface area (Å²) in [6.45, 7) is 5.52. The van der Waals surface area contributed by atoms with E-state index in [4.69, 9.17) is 9.15 Å². The molecule has 0 amide bonds. The number of rotatable bonds is 6. The summed E-state index contributed by atoms with van der Waals surface area (Å²) in [6.07, 6.45) is 2.17. The molecule has 0 atom stereocenters. The van der Waals surface area contributed by atoms with Gasteiger partial charge in [0.2, 0.25) is 0 Å². The third-order valence-electron chi connectivity index (χ3n) is 4.87. The molecule has 0 radical (unpaired) electrons. The summed E-state index contributed by atoms with van der Waals surface area (Å²) in [5.41, 5.74) is 0.930. The van der Waals surface area contributed by atoms with E-state index in [2.05, 4.69) is 34.3 Å². The van der Waals surface area contributed by atoms with Crippen LogP contribution >= 0.6 is 11.8 Å². The lowest BCUT2D eigenvalue weighted by atomic mass is 9.99. The molecule has 0 spiro atoms. The van der Waals surface area contributed by atoms with Gasteiger partial charge in [0.25, 0.3) is 0 Å². The van der Waals surface area contributed by atoms with E-state index < -0.39 is 0 Å². The molecule has 5 nitrogen and oxygen atoms in total. The molecule has 1 aromatic carbocycles. The molecule has 1 fully saturated rings. The minimum atomic E-state index is 0.239. The summed E-state index contributed by atoms with van der Waals surface area (Å²) in [6, 6.07) is 10.2. The number of fused-ring (bicyclic) bond motifs is 1. The summed E-state index contributed by atoms with van der Waals surface area (Å²) in [4.78, 5) is 6.58. The smallest absolute Gasteiger partial charge is 0.193 e. The third-order valence-corrected chi connectivity index (χ3v) is 6.32. The third kappa shape index (κ3) is 4.54. The van der Waals surface area contributed by atoms with Crippen molar-refractivity contribution in [1.82, 2.24) is 10.2 Å². The highest BCUT2D eigenvalue weighted by Gasteiger charge is 2.33. The van der Waals surface area contributed by atoms with E-state index in [0.717, 1.165) is 61.0 Å². The zero-order valence-electron chi connectivity index (χ0n) is 16.0. The van der Waals surface area contributed by atoms with Crippen LogP contribution in [0, 0.1) is 0 Å². The van der Waals surface area contributed by atoms with Crippen molar-refractivity contribution in [2.45, 2.75) is 31.1 Å². The summed E-state index contributed by atoms with van der Waals surface area (Å²) < 4.78 is 11.7. The first-order chi connectivity index (χ1) is 12.7. The van der Waals surface area contributed by atoms with E-state index in [0.29, 0.717) is 6.54 Å². The lowest BCUT2D eigenvalue weighted by Crippen LogP contribution is -2.48. The summed E-state index contributed by atoms with van der Waals surface area (Å²) in [5.74, 6) is 2.96. The summed E-state index contributed by atoms with van der Waals surface area (Å²) in [7, 11) is 3.88. The molecule has 3 rings (SSSR count). The Morgan fingerprint density at radius 3 is 2.77 bits per heavy atom. The number of nitrogens with zero attached hydrogens (tertiary/aromatic N) is 2. The van der Waals surface area contributed by atoms with Gasteiger partial charge in [-0.2, -0.15) is 11.8 Å². The van der Waals surface area contributed by atoms with E-state index in [1.165, 1.54) is 0 Å². The van der Waals surface area contributed by atoms with Crippen LogP contribution < -0.4 is 5.32 Å². The van der Waals surface area contributed by atoms with Crippen molar-refractivity contribution >= 4 is 28.7 Å². The predicted octanol–water partition coefficient (Wildman–Crippen LogP) is 3.74. The van der Waals surface area contributed by atoms with Crippen molar-refractivity contribution in [2.24, 2.45) is 4.99 Å². The van der Waals surface area contributed by atoms with Crippen LogP contribution in [0.3, 0.4) is 0 Å². The largest absolute Gasteiger partial charge is 0.459 e. The highest BCUT2D eigenvalue weighted by Crippen LogP contribution is 2.34. The monoisotopic (exact) mass is 375 g/mol. The topological polar surface area (TPSA) is 50.0 Å². The van der Waals surface area contributed by atoms with Crippen LogP contribution in [0.5, 0.6) is 0 Å². The van der Waals surface area contributed by atoms with Gasteiger partial charge in [0, 0.05) is 44.0 Å². The van der Waals surface area contributed by atoms with Crippen LogP contribution in [0.25, 0.3) is 11.0 Å². The molecule has 1 aliphatic heterocycles. The van der Waals surface area contributed by atoms with Gasteiger partial charge < -0.3 is 19.4 Å². The van der Waals surface area contributed by atoms with Gasteiger partial charge in [-0.15, -0.1) is 0 Å². The molecular weight excluding hydrogens is 346 g/mol. The van der Waals surface area contributed by atoms with E-state index in [9.17, 15) is 0 Å². The molecule has 1 aliphatic rings. The Hall–Kier alpha value is -1.66. The van der Waals surface area contributed by atoms with Gasteiger partial charge in [-0.1, -0.05) is 25.1 Å². The van der Waals surface area contributed by atoms with E-state index in [1.54, 1.807) is 0 Å². The maximum absolute atomic E-state index is 5.94. The lowest BCUT2D eigenvalue weighted by Gasteiger charge is -2.37. The second kappa shape index (κ2) is 8.82. The molecule has 2 heterocycles. The average molecular weight is 376 g/mol. The summed E-state index contributed by atoms with van der Waals surface area (Å²) >= 11 is 2.04. The van der Waals surface area contributed by atoms with Gasteiger partial charge >= 0.3 is 0 Å². The minimum absolute atomic E-state index is 0.239. The van der Waals surface area contributed by atoms with Crippen LogP contribution in [0.1, 0.15) is 25.5 Å². The number of aliphatic imine (C=N–C) groups is 1. The molecule has 0 saturated carbocycles. The van der Waals surface area contributed by atoms with Crippen LogP contribution in [-0.4, -0.2) is 55.2 Å². The van der Waals surface area contributed by atoms with Gasteiger partial charge in [-0.25, -0.2) is 0 Å². The SMILES string of the molecule is CCSC1(CNC(=NC)N(C)Cc2cc3ccccc3o2)CCOCC1. The van der Waals surface area contributed by atoms with Crippen molar-refractivity contribution in [3.8, 4) is 0 Å². The average Bonchev–Trinajstić information content (AvgIpc) is 3.05. The second-order valence-corrected chi connectivity index (χ2v) is 8.47. The number of furan rings is 1. The molecule has 0 aliphatic carbocycles. The van der Waals surface area contributed by atoms with Crippen molar-refractivity contribution < 1.29 is 9.15 Å². The van der Waals surface area contributed by atoms with E-state index in [1.807, 2.05) is 44.1 Å². The number of guanidine groups is 1. The predicted molar refractivity (Wildman–Crippen MR) is 110 cm³/mol. The Labute approximate surface area is 160 Å². The first-order valence-corrected chi connectivity index (χ1v) is 10.3.